The summed E-state index contributed by atoms with van der Waals surface area (Å²) < 4.78 is 1.03. The van der Waals surface area contributed by atoms with Gasteiger partial charge in [-0.15, -0.1) is 0 Å². The summed E-state index contributed by atoms with van der Waals surface area (Å²) in [5.74, 6) is 0.0396. The molecule has 3 nitrogen and oxygen atoms in total. The monoisotopic (exact) mass is 327 g/mol. The van der Waals surface area contributed by atoms with E-state index in [0.29, 0.717) is 12.8 Å². The molecule has 0 bridgehead atoms. The summed E-state index contributed by atoms with van der Waals surface area (Å²) in [6, 6.07) is 7.99. The van der Waals surface area contributed by atoms with Gasteiger partial charge >= 0.3 is 0 Å². The van der Waals surface area contributed by atoms with Gasteiger partial charge in [0.1, 0.15) is 0 Å². The van der Waals surface area contributed by atoms with Crippen LogP contribution in [0.15, 0.2) is 28.7 Å². The first-order valence-electron chi connectivity index (χ1n) is 6.65. The highest BCUT2D eigenvalue weighted by Gasteiger charge is 2.23. The van der Waals surface area contributed by atoms with E-state index in [0.717, 1.165) is 22.9 Å². The largest absolute Gasteiger partial charge is 0.396 e. The number of hydrogen-bond donors (Lipinski definition) is 2. The smallest absolute Gasteiger partial charge is 0.220 e. The van der Waals surface area contributed by atoms with Crippen LogP contribution in [0.1, 0.15) is 38.7 Å². The Morgan fingerprint density at radius 2 is 2.21 bits per heavy atom. The Kier molecular flexibility index (Phi) is 6.52. The summed E-state index contributed by atoms with van der Waals surface area (Å²) in [5, 5.41) is 12.0. The molecule has 4 heteroatoms. The van der Waals surface area contributed by atoms with E-state index in [4.69, 9.17) is 5.11 Å². The van der Waals surface area contributed by atoms with Crippen LogP contribution in [0.3, 0.4) is 0 Å². The van der Waals surface area contributed by atoms with Crippen LogP contribution in [0.4, 0.5) is 0 Å². The van der Waals surface area contributed by atoms with Gasteiger partial charge in [0, 0.05) is 23.0 Å². The fourth-order valence-electron chi connectivity index (χ4n) is 1.92. The summed E-state index contributed by atoms with van der Waals surface area (Å²) in [5.41, 5.74) is 0.841. The molecule has 106 valence electrons. The summed E-state index contributed by atoms with van der Waals surface area (Å²) in [6.07, 6.45) is 2.60. The molecular weight excluding hydrogens is 306 g/mol. The second kappa shape index (κ2) is 7.65. The zero-order chi connectivity index (χ0) is 14.3. The highest BCUT2D eigenvalue weighted by molar-refractivity contribution is 9.10. The quantitative estimate of drug-likeness (QED) is 0.808. The van der Waals surface area contributed by atoms with Crippen molar-refractivity contribution in [1.82, 2.24) is 5.32 Å². The first-order chi connectivity index (χ1) is 8.99. The van der Waals surface area contributed by atoms with E-state index in [-0.39, 0.29) is 18.1 Å². The van der Waals surface area contributed by atoms with Gasteiger partial charge in [-0.25, -0.2) is 0 Å². The van der Waals surface area contributed by atoms with Crippen LogP contribution >= 0.6 is 15.9 Å². The second-order valence-electron chi connectivity index (χ2n) is 5.07. The van der Waals surface area contributed by atoms with Gasteiger partial charge in [-0.2, -0.15) is 0 Å². The minimum Gasteiger partial charge on any atom is -0.396 e. The molecular formula is C15H22BrNO2. The Balaban J connectivity index is 2.47. The van der Waals surface area contributed by atoms with E-state index in [1.54, 1.807) is 0 Å². The summed E-state index contributed by atoms with van der Waals surface area (Å²) in [4.78, 5) is 11.9. The average molecular weight is 328 g/mol. The topological polar surface area (TPSA) is 49.3 Å². The standard InChI is InChI=1S/C15H22BrNO2/c1-3-15(2,9-10-18)17-14(19)8-7-12-5-4-6-13(16)11-12/h4-6,11,18H,3,7-10H2,1-2H3,(H,17,19). The number of nitrogens with one attached hydrogen (secondary N) is 1. The first kappa shape index (κ1) is 16.2. The number of aryl methyl sites for hydroxylation is 1. The number of benzene rings is 1. The highest BCUT2D eigenvalue weighted by atomic mass is 79.9. The molecule has 2 N–H and O–H groups in total. The second-order valence-corrected chi connectivity index (χ2v) is 5.98. The van der Waals surface area contributed by atoms with Crippen molar-refractivity contribution in [2.75, 3.05) is 6.61 Å². The van der Waals surface area contributed by atoms with Gasteiger partial charge in [0.2, 0.25) is 5.91 Å². The van der Waals surface area contributed by atoms with Crippen molar-refractivity contribution >= 4 is 21.8 Å². The number of carbonyl (C=O) groups is 1. The lowest BCUT2D eigenvalue weighted by molar-refractivity contribution is -0.123. The van der Waals surface area contributed by atoms with Crippen molar-refractivity contribution < 1.29 is 9.90 Å². The van der Waals surface area contributed by atoms with Crippen LogP contribution in [-0.2, 0) is 11.2 Å². The lowest BCUT2D eigenvalue weighted by Gasteiger charge is -2.29. The number of aliphatic hydroxyl groups is 1. The van der Waals surface area contributed by atoms with Crippen LogP contribution in [0.2, 0.25) is 0 Å². The maximum atomic E-state index is 11.9. The number of carbonyl (C=O) groups excluding carboxylic acids is 1. The van der Waals surface area contributed by atoms with Crippen LogP contribution in [0.25, 0.3) is 0 Å². The zero-order valence-corrected chi connectivity index (χ0v) is 13.2. The van der Waals surface area contributed by atoms with Gasteiger partial charge in [-0.3, -0.25) is 4.79 Å². The highest BCUT2D eigenvalue weighted by Crippen LogP contribution is 2.15. The number of halogens is 1. The van der Waals surface area contributed by atoms with Crippen LogP contribution in [-0.4, -0.2) is 23.2 Å². The van der Waals surface area contributed by atoms with Gasteiger partial charge in [0.15, 0.2) is 0 Å². The van der Waals surface area contributed by atoms with Crippen LogP contribution in [0, 0.1) is 0 Å². The molecule has 0 spiro atoms. The van der Waals surface area contributed by atoms with E-state index in [2.05, 4.69) is 21.2 Å². The third-order valence-corrected chi connectivity index (χ3v) is 3.91. The lowest BCUT2D eigenvalue weighted by Crippen LogP contribution is -2.46. The predicted molar refractivity (Wildman–Crippen MR) is 81.0 cm³/mol. The molecule has 1 amide bonds. The number of amides is 1. The molecule has 0 aliphatic carbocycles. The Morgan fingerprint density at radius 1 is 1.47 bits per heavy atom. The number of aliphatic hydroxyl groups excluding tert-OH is 1. The number of hydrogen-bond acceptors (Lipinski definition) is 2. The van der Waals surface area contributed by atoms with Gasteiger partial charge in [-0.1, -0.05) is 35.0 Å². The van der Waals surface area contributed by atoms with Gasteiger partial charge < -0.3 is 10.4 Å². The molecule has 0 aliphatic rings. The Hall–Kier alpha value is -0.870. The molecule has 0 saturated carbocycles. The zero-order valence-electron chi connectivity index (χ0n) is 11.6. The van der Waals surface area contributed by atoms with E-state index < -0.39 is 0 Å². The van der Waals surface area contributed by atoms with Gasteiger partial charge in [0.05, 0.1) is 0 Å². The molecule has 0 aromatic heterocycles. The third kappa shape index (κ3) is 5.74. The normalized spacial score (nSPS) is 13.9. The Bertz CT molecular complexity index is 422. The van der Waals surface area contributed by atoms with Crippen molar-refractivity contribution in [2.45, 2.75) is 45.1 Å². The predicted octanol–water partition coefficient (Wildman–Crippen LogP) is 3.05. The summed E-state index contributed by atoms with van der Waals surface area (Å²) in [7, 11) is 0. The minimum atomic E-state index is -0.302. The SMILES string of the molecule is CCC(C)(CCO)NC(=O)CCc1cccc(Br)c1. The lowest BCUT2D eigenvalue weighted by atomic mass is 9.94. The van der Waals surface area contributed by atoms with E-state index in [9.17, 15) is 4.79 Å². The third-order valence-electron chi connectivity index (χ3n) is 3.41. The summed E-state index contributed by atoms with van der Waals surface area (Å²) >= 11 is 3.42. The average Bonchev–Trinajstić information content (AvgIpc) is 2.37. The fraction of sp³-hybridized carbons (Fsp3) is 0.533. The number of rotatable bonds is 7. The molecule has 0 radical (unpaired) electrons. The fourth-order valence-corrected chi connectivity index (χ4v) is 2.37. The molecule has 0 fully saturated rings. The van der Waals surface area contributed by atoms with Crippen LogP contribution < -0.4 is 5.32 Å². The van der Waals surface area contributed by atoms with Gasteiger partial charge in [-0.05, 0) is 43.9 Å². The molecule has 1 aromatic carbocycles. The van der Waals surface area contributed by atoms with Crippen molar-refractivity contribution in [3.05, 3.63) is 34.3 Å². The maximum Gasteiger partial charge on any atom is 0.220 e. The first-order valence-corrected chi connectivity index (χ1v) is 7.45. The Labute approximate surface area is 123 Å². The molecule has 0 saturated heterocycles. The summed E-state index contributed by atoms with van der Waals surface area (Å²) in [6.45, 7) is 4.08. The molecule has 1 rings (SSSR count). The molecule has 1 aromatic rings. The molecule has 0 aliphatic heterocycles. The molecule has 1 atom stereocenters. The van der Waals surface area contributed by atoms with Crippen molar-refractivity contribution in [2.24, 2.45) is 0 Å². The van der Waals surface area contributed by atoms with E-state index in [1.165, 1.54) is 0 Å². The van der Waals surface area contributed by atoms with Crippen molar-refractivity contribution in [3.63, 3.8) is 0 Å². The van der Waals surface area contributed by atoms with E-state index >= 15 is 0 Å². The van der Waals surface area contributed by atoms with E-state index in [1.807, 2.05) is 38.1 Å². The maximum absolute atomic E-state index is 11.9. The van der Waals surface area contributed by atoms with Crippen molar-refractivity contribution in [1.29, 1.82) is 0 Å². The molecule has 0 heterocycles. The molecule has 1 unspecified atom stereocenters. The Morgan fingerprint density at radius 3 is 2.79 bits per heavy atom. The minimum absolute atomic E-state index is 0.0396. The molecule has 19 heavy (non-hydrogen) atoms. The van der Waals surface area contributed by atoms with Crippen molar-refractivity contribution in [3.8, 4) is 0 Å². The van der Waals surface area contributed by atoms with Crippen LogP contribution in [0.5, 0.6) is 0 Å². The van der Waals surface area contributed by atoms with Gasteiger partial charge in [0.25, 0.3) is 0 Å².